The lowest BCUT2D eigenvalue weighted by atomic mass is 10.0. The maximum Gasteiger partial charge on any atom is 0.268 e. The third kappa shape index (κ3) is 24.3. The summed E-state index contributed by atoms with van der Waals surface area (Å²) in [6.45, 7) is 4.37. The highest BCUT2D eigenvalue weighted by Gasteiger charge is 2.19. The van der Waals surface area contributed by atoms with Gasteiger partial charge in [0, 0.05) is 7.11 Å². The van der Waals surface area contributed by atoms with Crippen molar-refractivity contribution in [1.82, 2.24) is 4.90 Å². The van der Waals surface area contributed by atoms with Crippen LogP contribution in [-0.2, 0) is 18.3 Å². The van der Waals surface area contributed by atoms with Gasteiger partial charge in [0.2, 0.25) is 0 Å². The van der Waals surface area contributed by atoms with Gasteiger partial charge in [-0.2, -0.15) is 0 Å². The van der Waals surface area contributed by atoms with Crippen LogP contribution in [0, 0.1) is 0 Å². The Bertz CT molecular complexity index is 531. The van der Waals surface area contributed by atoms with E-state index < -0.39 is 7.82 Å². The van der Waals surface area contributed by atoms with Gasteiger partial charge in [-0.3, -0.25) is 9.46 Å². The number of rotatable bonds is 27. The summed E-state index contributed by atoms with van der Waals surface area (Å²) in [6.07, 6.45) is 21.7. The van der Waals surface area contributed by atoms with E-state index in [-0.39, 0.29) is 19.3 Å². The molecule has 0 saturated carbocycles. The van der Waals surface area contributed by atoms with E-state index in [2.05, 4.69) is 11.8 Å². The fourth-order valence-corrected chi connectivity index (χ4v) is 4.96. The predicted molar refractivity (Wildman–Crippen MR) is 150 cm³/mol. The first-order valence-electron chi connectivity index (χ1n) is 14.7. The first-order chi connectivity index (χ1) is 17.1. The second kappa shape index (κ2) is 22.9. The Balaban J connectivity index is 3.78. The van der Waals surface area contributed by atoms with Gasteiger partial charge in [-0.15, -0.1) is 0 Å². The first-order valence-corrected chi connectivity index (χ1v) is 16.2. The molecule has 0 aliphatic heterocycles. The highest BCUT2D eigenvalue weighted by Crippen LogP contribution is 2.38. The Labute approximate surface area is 224 Å². The summed E-state index contributed by atoms with van der Waals surface area (Å²) >= 11 is 0. The van der Waals surface area contributed by atoms with Crippen LogP contribution in [0.1, 0.15) is 110 Å². The van der Waals surface area contributed by atoms with E-state index in [9.17, 15) is 9.46 Å². The quantitative estimate of drug-likeness (QED) is 0.0687. The number of hydrogen-bond donors (Lipinski definition) is 0. The Morgan fingerprint density at radius 1 is 0.750 bits per heavy atom. The van der Waals surface area contributed by atoms with Gasteiger partial charge in [-0.25, -0.2) is 0 Å². The Kier molecular flexibility index (Phi) is 22.9. The highest BCUT2D eigenvalue weighted by atomic mass is 31.2. The second-order valence-electron chi connectivity index (χ2n) is 11.5. The zero-order valence-corrected chi connectivity index (χ0v) is 25.7. The third-order valence-electron chi connectivity index (χ3n) is 6.78. The maximum absolute atomic E-state index is 12.1. The topological polar surface area (TPSA) is 71.1 Å². The lowest BCUT2D eigenvalue weighted by Crippen LogP contribution is -2.40. The zero-order valence-electron chi connectivity index (χ0n) is 24.8. The molecule has 0 saturated heterocycles. The second-order valence-corrected chi connectivity index (χ2v) is 12.9. The lowest BCUT2D eigenvalue weighted by molar-refractivity contribution is -0.870. The number of phosphoric ester groups is 1. The van der Waals surface area contributed by atoms with Crippen LogP contribution in [0.25, 0.3) is 0 Å². The van der Waals surface area contributed by atoms with Crippen molar-refractivity contribution in [3.05, 3.63) is 0 Å². The van der Waals surface area contributed by atoms with Gasteiger partial charge in [0.1, 0.15) is 13.2 Å². The average molecular weight is 537 g/mol. The molecule has 0 aromatic heterocycles. The number of quaternary nitrogens is 1. The summed E-state index contributed by atoms with van der Waals surface area (Å²) < 4.78 is 28.2. The molecule has 7 nitrogen and oxygen atoms in total. The molecule has 2 atom stereocenters. The van der Waals surface area contributed by atoms with E-state index in [1.807, 2.05) is 28.2 Å². The van der Waals surface area contributed by atoms with Gasteiger partial charge in [-0.05, 0) is 20.0 Å². The molecule has 0 aromatic carbocycles. The van der Waals surface area contributed by atoms with Crippen molar-refractivity contribution < 1.29 is 27.7 Å². The third-order valence-corrected chi connectivity index (χ3v) is 7.75. The van der Waals surface area contributed by atoms with Crippen molar-refractivity contribution in [2.75, 3.05) is 68.2 Å². The SMILES string of the molecule is CCCCCCCCCCCCCCCCCCN(C)C(COC)COP(=O)([O-])OCC[N+](C)(C)C. The van der Waals surface area contributed by atoms with E-state index in [1.54, 1.807) is 7.11 Å². The van der Waals surface area contributed by atoms with E-state index in [0.717, 1.165) is 13.0 Å². The summed E-state index contributed by atoms with van der Waals surface area (Å²) in [5.74, 6) is 0. The maximum atomic E-state index is 12.1. The summed E-state index contributed by atoms with van der Waals surface area (Å²) in [5.41, 5.74) is 0. The minimum atomic E-state index is -4.30. The number of methoxy groups -OCH3 is 1. The number of hydrogen-bond acceptors (Lipinski definition) is 6. The number of ether oxygens (including phenoxy) is 1. The van der Waals surface area contributed by atoms with Crippen LogP contribution >= 0.6 is 7.82 Å². The fraction of sp³-hybridized carbons (Fsp3) is 1.00. The Hall–Kier alpha value is -0.0100. The van der Waals surface area contributed by atoms with Gasteiger partial charge < -0.3 is 23.2 Å². The Morgan fingerprint density at radius 3 is 1.61 bits per heavy atom. The zero-order chi connectivity index (χ0) is 27.1. The number of likely N-dealkylation sites (N-methyl/N-ethyl adjacent to an activating group) is 2. The van der Waals surface area contributed by atoms with Crippen molar-refractivity contribution in [1.29, 1.82) is 0 Å². The van der Waals surface area contributed by atoms with Crippen LogP contribution in [0.5, 0.6) is 0 Å². The fourth-order valence-electron chi connectivity index (χ4n) is 4.23. The normalized spacial score (nSPS) is 14.9. The van der Waals surface area contributed by atoms with Gasteiger partial charge in [0.25, 0.3) is 7.82 Å². The smallest absolute Gasteiger partial charge is 0.268 e. The molecule has 36 heavy (non-hydrogen) atoms. The molecule has 0 aliphatic rings. The van der Waals surface area contributed by atoms with Crippen LogP contribution in [0.3, 0.4) is 0 Å². The van der Waals surface area contributed by atoms with Crippen LogP contribution in [0.2, 0.25) is 0 Å². The molecule has 8 heteroatoms. The largest absolute Gasteiger partial charge is 0.756 e. The minimum Gasteiger partial charge on any atom is -0.756 e. The average Bonchev–Trinajstić information content (AvgIpc) is 2.80. The van der Waals surface area contributed by atoms with Gasteiger partial charge in [0.05, 0.1) is 40.4 Å². The molecule has 0 heterocycles. The molecule has 0 radical (unpaired) electrons. The number of unbranched alkanes of at least 4 members (excludes halogenated alkanes) is 15. The van der Waals surface area contributed by atoms with E-state index in [0.29, 0.717) is 17.6 Å². The molecule has 2 unspecified atom stereocenters. The molecular weight excluding hydrogens is 475 g/mol. The van der Waals surface area contributed by atoms with E-state index in [4.69, 9.17) is 13.8 Å². The van der Waals surface area contributed by atoms with Crippen LogP contribution < -0.4 is 4.89 Å². The van der Waals surface area contributed by atoms with Gasteiger partial charge >= 0.3 is 0 Å². The summed E-state index contributed by atoms with van der Waals surface area (Å²) in [5, 5.41) is 0. The van der Waals surface area contributed by atoms with Crippen molar-refractivity contribution >= 4 is 7.82 Å². The van der Waals surface area contributed by atoms with Crippen molar-refractivity contribution in [3.8, 4) is 0 Å². The molecule has 0 spiro atoms. The van der Waals surface area contributed by atoms with Crippen molar-refractivity contribution in [2.24, 2.45) is 0 Å². The first kappa shape index (κ1) is 36.0. The van der Waals surface area contributed by atoms with Crippen LogP contribution in [0.15, 0.2) is 0 Å². The lowest BCUT2D eigenvalue weighted by Gasteiger charge is -2.31. The molecule has 0 aliphatic carbocycles. The standard InChI is InChI=1S/C28H61N2O5P/c1-7-8-9-10-11-12-13-14-15-16-17-18-19-20-21-22-23-29(2)28(26-33-6)27-35-36(31,32)34-25-24-30(3,4)5/h28H,7-27H2,1-6H3. The molecule has 0 N–H and O–H groups in total. The van der Waals surface area contributed by atoms with Crippen LogP contribution in [0.4, 0.5) is 0 Å². The van der Waals surface area contributed by atoms with Crippen molar-refractivity contribution in [3.63, 3.8) is 0 Å². The van der Waals surface area contributed by atoms with E-state index >= 15 is 0 Å². The molecule has 0 amide bonds. The monoisotopic (exact) mass is 536 g/mol. The summed E-state index contributed by atoms with van der Waals surface area (Å²) in [6, 6.07) is -0.115. The molecule has 0 bridgehead atoms. The summed E-state index contributed by atoms with van der Waals surface area (Å²) in [4.78, 5) is 14.2. The number of phosphoric acid groups is 1. The van der Waals surface area contributed by atoms with E-state index in [1.165, 1.54) is 96.3 Å². The minimum absolute atomic E-state index is 0.0500. The molecule has 0 fully saturated rings. The molecule has 218 valence electrons. The molecular formula is C28H61N2O5P. The summed E-state index contributed by atoms with van der Waals surface area (Å²) in [7, 11) is 5.30. The molecule has 0 aromatic rings. The predicted octanol–water partition coefficient (Wildman–Crippen LogP) is 6.40. The van der Waals surface area contributed by atoms with Gasteiger partial charge in [0.15, 0.2) is 0 Å². The number of nitrogens with zero attached hydrogens (tertiary/aromatic N) is 2. The van der Waals surface area contributed by atoms with Crippen LogP contribution in [-0.4, -0.2) is 83.6 Å². The van der Waals surface area contributed by atoms with Crippen molar-refractivity contribution in [2.45, 2.75) is 116 Å². The highest BCUT2D eigenvalue weighted by molar-refractivity contribution is 7.45. The Morgan fingerprint density at radius 2 is 1.19 bits per heavy atom. The van der Waals surface area contributed by atoms with Gasteiger partial charge in [-0.1, -0.05) is 103 Å². The molecule has 0 rings (SSSR count).